The van der Waals surface area contributed by atoms with E-state index < -0.39 is 0 Å². The monoisotopic (exact) mass is 263 g/mol. The molecule has 0 radical (unpaired) electrons. The van der Waals surface area contributed by atoms with E-state index >= 15 is 0 Å². The normalized spacial score (nSPS) is 11.3. The third kappa shape index (κ3) is 2.05. The summed E-state index contributed by atoms with van der Waals surface area (Å²) in [6.07, 6.45) is 0. The third-order valence-corrected chi connectivity index (χ3v) is 3.44. The maximum atomic E-state index is 4.49. The van der Waals surface area contributed by atoms with Gasteiger partial charge in [0, 0.05) is 5.39 Å². The van der Waals surface area contributed by atoms with Crippen molar-refractivity contribution in [2.75, 3.05) is 0 Å². The Bertz CT molecular complexity index is 503. The van der Waals surface area contributed by atoms with Crippen molar-refractivity contribution in [2.24, 2.45) is 0 Å². The van der Waals surface area contributed by atoms with Crippen molar-refractivity contribution in [3.05, 3.63) is 40.0 Å². The molecule has 0 aliphatic carbocycles. The minimum Gasteiger partial charge on any atom is -0.241 e. The molecule has 1 nitrogen and oxygen atoms in total. The average Bonchev–Trinajstić information content (AvgIpc) is 2.19. The Hall–Kier alpha value is -0.890. The first-order valence-electron chi connectivity index (χ1n) is 5.14. The van der Waals surface area contributed by atoms with Crippen LogP contribution in [0.2, 0.25) is 0 Å². The highest BCUT2D eigenvalue weighted by molar-refractivity contribution is 9.10. The van der Waals surface area contributed by atoms with Crippen molar-refractivity contribution in [2.45, 2.75) is 26.7 Å². The molecule has 0 bridgehead atoms. The number of aromatic nitrogens is 1. The van der Waals surface area contributed by atoms with Crippen LogP contribution < -0.4 is 0 Å². The van der Waals surface area contributed by atoms with Crippen LogP contribution in [0.1, 0.15) is 30.9 Å². The van der Waals surface area contributed by atoms with Crippen molar-refractivity contribution in [1.82, 2.24) is 4.98 Å². The maximum absolute atomic E-state index is 4.49. The molecule has 0 aliphatic heterocycles. The molecular formula is C13H14BrN. The molecule has 0 unspecified atom stereocenters. The molecule has 2 aromatic rings. The number of halogens is 1. The van der Waals surface area contributed by atoms with Crippen LogP contribution in [0.15, 0.2) is 28.9 Å². The summed E-state index contributed by atoms with van der Waals surface area (Å²) < 4.78 is 0.937. The summed E-state index contributed by atoms with van der Waals surface area (Å²) >= 11 is 3.45. The summed E-state index contributed by atoms with van der Waals surface area (Å²) in [5.74, 6) is 0.568. The molecular weight excluding hydrogens is 250 g/mol. The summed E-state index contributed by atoms with van der Waals surface area (Å²) in [7, 11) is 0. The largest absolute Gasteiger partial charge is 0.241 e. The van der Waals surface area contributed by atoms with Gasteiger partial charge in [0.2, 0.25) is 0 Å². The number of benzene rings is 1. The predicted molar refractivity (Wildman–Crippen MR) is 68.3 cm³/mol. The first-order chi connectivity index (χ1) is 7.08. The summed E-state index contributed by atoms with van der Waals surface area (Å²) in [6.45, 7) is 6.49. The fraction of sp³-hybridized carbons (Fsp3) is 0.308. The number of nitrogens with zero attached hydrogens (tertiary/aromatic N) is 1. The van der Waals surface area contributed by atoms with E-state index in [-0.39, 0.29) is 0 Å². The van der Waals surface area contributed by atoms with Crippen molar-refractivity contribution in [3.8, 4) is 0 Å². The van der Waals surface area contributed by atoms with E-state index in [0.717, 1.165) is 10.1 Å². The van der Waals surface area contributed by atoms with Gasteiger partial charge in [-0.1, -0.05) is 19.9 Å². The SMILES string of the molecule is Cc1cc2cc(C(C)C)ccc2nc1Br. The highest BCUT2D eigenvalue weighted by Crippen LogP contribution is 2.24. The lowest BCUT2D eigenvalue weighted by Gasteiger charge is -2.07. The van der Waals surface area contributed by atoms with Gasteiger partial charge in [-0.05, 0) is 58.1 Å². The molecule has 1 heterocycles. The van der Waals surface area contributed by atoms with E-state index in [1.807, 2.05) is 0 Å². The molecule has 0 amide bonds. The Morgan fingerprint density at radius 3 is 2.60 bits per heavy atom. The van der Waals surface area contributed by atoms with Gasteiger partial charge in [0.1, 0.15) is 4.60 Å². The molecule has 1 aromatic carbocycles. The van der Waals surface area contributed by atoms with Crippen LogP contribution in [0.4, 0.5) is 0 Å². The molecule has 0 aliphatic rings. The minimum atomic E-state index is 0.568. The Morgan fingerprint density at radius 2 is 1.93 bits per heavy atom. The number of aryl methyl sites for hydroxylation is 1. The van der Waals surface area contributed by atoms with Gasteiger partial charge in [-0.3, -0.25) is 0 Å². The predicted octanol–water partition coefficient (Wildman–Crippen LogP) is 4.43. The number of hydrogen-bond acceptors (Lipinski definition) is 1. The molecule has 1 aromatic heterocycles. The maximum Gasteiger partial charge on any atom is 0.109 e. The van der Waals surface area contributed by atoms with Crippen LogP contribution in [-0.4, -0.2) is 4.98 Å². The Morgan fingerprint density at radius 1 is 1.20 bits per heavy atom. The Kier molecular flexibility index (Phi) is 2.79. The molecule has 0 atom stereocenters. The van der Waals surface area contributed by atoms with Crippen LogP contribution in [-0.2, 0) is 0 Å². The second kappa shape index (κ2) is 3.93. The van der Waals surface area contributed by atoms with E-state index in [2.05, 4.69) is 66.0 Å². The quantitative estimate of drug-likeness (QED) is 0.694. The Labute approximate surface area is 98.7 Å². The second-order valence-electron chi connectivity index (χ2n) is 4.20. The van der Waals surface area contributed by atoms with Gasteiger partial charge >= 0.3 is 0 Å². The van der Waals surface area contributed by atoms with E-state index in [9.17, 15) is 0 Å². The molecule has 0 N–H and O–H groups in total. The van der Waals surface area contributed by atoms with E-state index in [0.29, 0.717) is 5.92 Å². The molecule has 0 saturated heterocycles. The molecule has 15 heavy (non-hydrogen) atoms. The zero-order valence-corrected chi connectivity index (χ0v) is 10.8. The first-order valence-corrected chi connectivity index (χ1v) is 5.94. The zero-order valence-electron chi connectivity index (χ0n) is 9.21. The van der Waals surface area contributed by atoms with Gasteiger partial charge in [-0.2, -0.15) is 0 Å². The van der Waals surface area contributed by atoms with Gasteiger partial charge < -0.3 is 0 Å². The van der Waals surface area contributed by atoms with Gasteiger partial charge in [-0.25, -0.2) is 4.98 Å². The highest BCUT2D eigenvalue weighted by Gasteiger charge is 2.03. The van der Waals surface area contributed by atoms with Crippen molar-refractivity contribution in [3.63, 3.8) is 0 Å². The van der Waals surface area contributed by atoms with Crippen molar-refractivity contribution < 1.29 is 0 Å². The first kappa shape index (κ1) is 10.6. The fourth-order valence-electron chi connectivity index (χ4n) is 1.64. The number of hydrogen-bond donors (Lipinski definition) is 0. The summed E-state index contributed by atoms with van der Waals surface area (Å²) in [6, 6.07) is 8.65. The molecule has 2 heteroatoms. The zero-order chi connectivity index (χ0) is 11.0. The van der Waals surface area contributed by atoms with Crippen LogP contribution >= 0.6 is 15.9 Å². The van der Waals surface area contributed by atoms with Crippen molar-refractivity contribution >= 4 is 26.8 Å². The van der Waals surface area contributed by atoms with E-state index in [1.165, 1.54) is 16.5 Å². The molecule has 2 rings (SSSR count). The van der Waals surface area contributed by atoms with Crippen LogP contribution in [0.25, 0.3) is 10.9 Å². The van der Waals surface area contributed by atoms with Gasteiger partial charge in [0.25, 0.3) is 0 Å². The second-order valence-corrected chi connectivity index (χ2v) is 4.95. The van der Waals surface area contributed by atoms with E-state index in [4.69, 9.17) is 0 Å². The fourth-order valence-corrected chi connectivity index (χ4v) is 1.94. The molecule has 0 saturated carbocycles. The molecule has 0 fully saturated rings. The van der Waals surface area contributed by atoms with Crippen LogP contribution in [0.3, 0.4) is 0 Å². The molecule has 78 valence electrons. The standard InChI is InChI=1S/C13H14BrN/c1-8(2)10-4-5-12-11(7-10)6-9(3)13(14)15-12/h4-8H,1-3H3. The van der Waals surface area contributed by atoms with Gasteiger partial charge in [0.15, 0.2) is 0 Å². The lowest BCUT2D eigenvalue weighted by molar-refractivity contribution is 0.868. The van der Waals surface area contributed by atoms with Crippen LogP contribution in [0.5, 0.6) is 0 Å². The number of pyridine rings is 1. The number of rotatable bonds is 1. The molecule has 0 spiro atoms. The van der Waals surface area contributed by atoms with E-state index in [1.54, 1.807) is 0 Å². The third-order valence-electron chi connectivity index (χ3n) is 2.63. The highest BCUT2D eigenvalue weighted by atomic mass is 79.9. The average molecular weight is 264 g/mol. The summed E-state index contributed by atoms with van der Waals surface area (Å²) in [5, 5.41) is 1.22. The summed E-state index contributed by atoms with van der Waals surface area (Å²) in [4.78, 5) is 4.49. The minimum absolute atomic E-state index is 0.568. The lowest BCUT2D eigenvalue weighted by Crippen LogP contribution is -1.89. The lowest BCUT2D eigenvalue weighted by atomic mass is 10.0. The van der Waals surface area contributed by atoms with Gasteiger partial charge in [0.05, 0.1) is 5.52 Å². The Balaban J connectivity index is 2.66. The number of fused-ring (bicyclic) bond motifs is 1. The topological polar surface area (TPSA) is 12.9 Å². The van der Waals surface area contributed by atoms with Crippen molar-refractivity contribution in [1.29, 1.82) is 0 Å². The van der Waals surface area contributed by atoms with Gasteiger partial charge in [-0.15, -0.1) is 0 Å². The van der Waals surface area contributed by atoms with Crippen LogP contribution in [0, 0.1) is 6.92 Å². The smallest absolute Gasteiger partial charge is 0.109 e. The summed E-state index contributed by atoms with van der Waals surface area (Å²) in [5.41, 5.74) is 3.60.